The minimum absolute atomic E-state index is 0.0118. The standard InChI is InChI=1S/C38H24O/c1-2-11-26(12-3-1)36-30-14-4-6-16-32(30)37(33-17-7-5-15-31(33)36)27-23-21-25(22-24-27)28-18-10-19-34-29-13-8-9-20-35(29)39-38(28)34/h1-24H/i1D,2D,3D,4D,5D,6D,7D,8D,9D,11D,12D,13D,14D,15D,16D,17D,20D. The Labute approximate surface area is 250 Å². The molecule has 0 N–H and O–H groups in total. The third-order valence-electron chi connectivity index (χ3n) is 6.75. The molecule has 0 spiro atoms. The summed E-state index contributed by atoms with van der Waals surface area (Å²) in [4.78, 5) is 0. The van der Waals surface area contributed by atoms with Crippen molar-refractivity contribution in [3.05, 3.63) is 145 Å². The SMILES string of the molecule is [2H]c1c([2H])c([2H])c(-c2c3c([2H])c([2H])c([2H])c([2H])c3c(-c3ccc(-c4cccc5c4oc4c([2H])c([2H])c([2H])c([2H])c45)cc3)c3c([2H])c([2H])c([2H])c([2H])c23)c([2H])c1[2H]. The molecular weight excluding hydrogens is 472 g/mol. The normalized spacial score (nSPS) is 17.7. The van der Waals surface area contributed by atoms with Crippen LogP contribution in [0.25, 0.3) is 76.9 Å². The van der Waals surface area contributed by atoms with Gasteiger partial charge in [0.1, 0.15) is 11.2 Å². The van der Waals surface area contributed by atoms with Crippen molar-refractivity contribution in [3.63, 3.8) is 0 Å². The van der Waals surface area contributed by atoms with E-state index >= 15 is 0 Å². The summed E-state index contributed by atoms with van der Waals surface area (Å²) in [6, 6.07) is 1.17. The summed E-state index contributed by atoms with van der Waals surface area (Å²) < 4.78 is 153. The first-order valence-corrected chi connectivity index (χ1v) is 12.0. The number of hydrogen-bond acceptors (Lipinski definition) is 1. The quantitative estimate of drug-likeness (QED) is 0.214. The highest BCUT2D eigenvalue weighted by molar-refractivity contribution is 6.21. The Hall–Kier alpha value is -5.14. The molecule has 0 bridgehead atoms. The second kappa shape index (κ2) is 8.72. The number of benzene rings is 7. The van der Waals surface area contributed by atoms with Crippen LogP contribution in [-0.2, 0) is 0 Å². The van der Waals surface area contributed by atoms with Gasteiger partial charge in [0.25, 0.3) is 0 Å². The van der Waals surface area contributed by atoms with Crippen LogP contribution in [0.1, 0.15) is 23.3 Å². The lowest BCUT2D eigenvalue weighted by Crippen LogP contribution is -1.90. The van der Waals surface area contributed by atoms with Gasteiger partial charge in [-0.15, -0.1) is 0 Å². The fourth-order valence-corrected chi connectivity index (χ4v) is 5.10. The summed E-state index contributed by atoms with van der Waals surface area (Å²) in [5, 5.41) is -0.362. The van der Waals surface area contributed by atoms with Crippen molar-refractivity contribution in [2.45, 2.75) is 0 Å². The van der Waals surface area contributed by atoms with E-state index in [1.54, 1.807) is 42.5 Å². The van der Waals surface area contributed by atoms with E-state index in [0.29, 0.717) is 16.5 Å². The Morgan fingerprint density at radius 2 is 0.923 bits per heavy atom. The molecule has 8 aromatic rings. The van der Waals surface area contributed by atoms with E-state index in [0.717, 1.165) is 0 Å². The first-order chi connectivity index (χ1) is 26.4. The Morgan fingerprint density at radius 1 is 0.410 bits per heavy atom. The number of hydrogen-bond donors (Lipinski definition) is 0. The minimum atomic E-state index is -0.749. The summed E-state index contributed by atoms with van der Waals surface area (Å²) >= 11 is 0. The van der Waals surface area contributed by atoms with Crippen LogP contribution in [0.5, 0.6) is 0 Å². The lowest BCUT2D eigenvalue weighted by Gasteiger charge is -2.18. The molecule has 0 aliphatic rings. The summed E-state index contributed by atoms with van der Waals surface area (Å²) in [6.07, 6.45) is 0. The number of fused-ring (bicyclic) bond motifs is 5. The topological polar surface area (TPSA) is 13.1 Å². The van der Waals surface area contributed by atoms with Gasteiger partial charge in [0.15, 0.2) is 0 Å². The molecule has 0 aliphatic heterocycles. The highest BCUT2D eigenvalue weighted by atomic mass is 16.3. The lowest BCUT2D eigenvalue weighted by molar-refractivity contribution is 0.670. The van der Waals surface area contributed by atoms with E-state index in [-0.39, 0.29) is 66.9 Å². The molecule has 8 rings (SSSR count). The van der Waals surface area contributed by atoms with Crippen LogP contribution < -0.4 is 0 Å². The Balaban J connectivity index is 1.51. The second-order valence-electron chi connectivity index (χ2n) is 8.82. The number of rotatable bonds is 3. The first-order valence-electron chi connectivity index (χ1n) is 20.5. The Morgan fingerprint density at radius 3 is 1.56 bits per heavy atom. The van der Waals surface area contributed by atoms with Gasteiger partial charge < -0.3 is 4.42 Å². The molecule has 1 nitrogen and oxygen atoms in total. The highest BCUT2D eigenvalue weighted by Crippen LogP contribution is 2.44. The van der Waals surface area contributed by atoms with Gasteiger partial charge in [-0.2, -0.15) is 0 Å². The average molecular weight is 514 g/mol. The van der Waals surface area contributed by atoms with Gasteiger partial charge in [0, 0.05) is 16.3 Å². The molecule has 0 aliphatic carbocycles. The third kappa shape index (κ3) is 3.41. The predicted molar refractivity (Wildman–Crippen MR) is 165 cm³/mol. The zero-order chi connectivity index (χ0) is 40.6. The molecule has 1 aromatic heterocycles. The van der Waals surface area contributed by atoms with Gasteiger partial charge >= 0.3 is 0 Å². The van der Waals surface area contributed by atoms with Gasteiger partial charge in [0.2, 0.25) is 0 Å². The fraction of sp³-hybridized carbons (Fsp3) is 0. The van der Waals surface area contributed by atoms with Crippen molar-refractivity contribution in [3.8, 4) is 33.4 Å². The van der Waals surface area contributed by atoms with Crippen LogP contribution in [0, 0.1) is 0 Å². The maximum absolute atomic E-state index is 9.13. The molecule has 0 amide bonds. The number of furan rings is 1. The average Bonchev–Trinajstić information content (AvgIpc) is 3.60. The Kier molecular flexibility index (Phi) is 2.44. The van der Waals surface area contributed by atoms with Crippen LogP contribution in [0.2, 0.25) is 0 Å². The largest absolute Gasteiger partial charge is 0.455 e. The van der Waals surface area contributed by atoms with Crippen molar-refractivity contribution < 1.29 is 27.7 Å². The monoisotopic (exact) mass is 513 g/mol. The predicted octanol–water partition coefficient (Wildman–Crippen LogP) is 10.9. The summed E-state index contributed by atoms with van der Waals surface area (Å²) in [5.74, 6) is 0. The summed E-state index contributed by atoms with van der Waals surface area (Å²) in [7, 11) is 0. The molecule has 1 heteroatoms. The van der Waals surface area contributed by atoms with Crippen molar-refractivity contribution >= 4 is 43.5 Å². The molecule has 7 aromatic carbocycles. The van der Waals surface area contributed by atoms with Gasteiger partial charge in [-0.25, -0.2) is 0 Å². The number of para-hydroxylation sites is 2. The molecule has 0 radical (unpaired) electrons. The minimum Gasteiger partial charge on any atom is -0.455 e. The van der Waals surface area contributed by atoms with Crippen LogP contribution in [0.15, 0.2) is 150 Å². The zero-order valence-electron chi connectivity index (χ0n) is 36.9. The maximum Gasteiger partial charge on any atom is 0.143 e. The fourth-order valence-electron chi connectivity index (χ4n) is 5.10. The van der Waals surface area contributed by atoms with E-state index in [1.165, 1.54) is 0 Å². The highest BCUT2D eigenvalue weighted by Gasteiger charge is 2.17. The first kappa shape index (κ1) is 10.9. The van der Waals surface area contributed by atoms with Crippen molar-refractivity contribution in [1.29, 1.82) is 0 Å². The van der Waals surface area contributed by atoms with E-state index < -0.39 is 96.2 Å². The van der Waals surface area contributed by atoms with Crippen LogP contribution in [-0.4, -0.2) is 0 Å². The maximum atomic E-state index is 9.13. The Bertz CT molecular complexity index is 2990. The smallest absolute Gasteiger partial charge is 0.143 e. The third-order valence-corrected chi connectivity index (χ3v) is 6.75. The molecule has 1 heterocycles. The molecule has 182 valence electrons. The van der Waals surface area contributed by atoms with Crippen LogP contribution in [0.4, 0.5) is 0 Å². The van der Waals surface area contributed by atoms with E-state index in [4.69, 9.17) is 27.7 Å². The molecule has 0 saturated heterocycles. The van der Waals surface area contributed by atoms with Gasteiger partial charge in [-0.3, -0.25) is 0 Å². The van der Waals surface area contributed by atoms with Gasteiger partial charge in [0.05, 0.1) is 23.3 Å². The van der Waals surface area contributed by atoms with Crippen LogP contribution >= 0.6 is 0 Å². The summed E-state index contributed by atoms with van der Waals surface area (Å²) in [5.41, 5.74) is 0.699. The van der Waals surface area contributed by atoms with E-state index in [2.05, 4.69) is 0 Å². The van der Waals surface area contributed by atoms with Crippen LogP contribution in [0.3, 0.4) is 0 Å². The molecule has 39 heavy (non-hydrogen) atoms. The molecule has 0 saturated carbocycles. The van der Waals surface area contributed by atoms with Gasteiger partial charge in [-0.05, 0) is 55.4 Å². The zero-order valence-corrected chi connectivity index (χ0v) is 19.9. The van der Waals surface area contributed by atoms with Crippen molar-refractivity contribution in [2.24, 2.45) is 0 Å². The van der Waals surface area contributed by atoms with E-state index in [9.17, 15) is 0 Å². The van der Waals surface area contributed by atoms with Gasteiger partial charge in [-0.1, -0.05) is 139 Å². The summed E-state index contributed by atoms with van der Waals surface area (Å²) in [6.45, 7) is 0. The van der Waals surface area contributed by atoms with E-state index in [1.807, 2.05) is 0 Å². The second-order valence-corrected chi connectivity index (χ2v) is 8.82. The van der Waals surface area contributed by atoms with Crippen molar-refractivity contribution in [1.82, 2.24) is 0 Å². The molecule has 0 atom stereocenters. The molecular formula is C38H24O. The lowest BCUT2D eigenvalue weighted by atomic mass is 9.86. The van der Waals surface area contributed by atoms with Crippen molar-refractivity contribution in [2.75, 3.05) is 0 Å². The molecule has 0 fully saturated rings. The molecule has 0 unspecified atom stereocenters.